The zero-order chi connectivity index (χ0) is 56.0. The van der Waals surface area contributed by atoms with Crippen LogP contribution >= 0.6 is 0 Å². The van der Waals surface area contributed by atoms with Crippen molar-refractivity contribution in [1.29, 1.82) is 0 Å². The number of aliphatic hydroxyl groups is 18. The Morgan fingerprint density at radius 3 is 0.789 bits per heavy atom. The minimum absolute atomic E-state index is 0.521. The molecule has 76 heavy (non-hydrogen) atoms. The third kappa shape index (κ3) is 14.6. The lowest BCUT2D eigenvalue weighted by Crippen LogP contribution is -2.65. The van der Waals surface area contributed by atoms with Gasteiger partial charge in [-0.1, -0.05) is 0 Å². The Labute approximate surface area is 431 Å². The van der Waals surface area contributed by atoms with Crippen LogP contribution in [0, 0.1) is 0 Å². The summed E-state index contributed by atoms with van der Waals surface area (Å²) >= 11 is 0. The molecule has 20 N–H and O–H groups in total. The summed E-state index contributed by atoms with van der Waals surface area (Å²) in [4.78, 5) is 23.6. The van der Waals surface area contributed by atoms with E-state index in [-0.39, 0.29) is 0 Å². The van der Waals surface area contributed by atoms with Crippen LogP contribution in [0.25, 0.3) is 0 Å². The second kappa shape index (κ2) is 27.9. The molecule has 0 unspecified atom stereocenters. The van der Waals surface area contributed by atoms with Crippen molar-refractivity contribution in [1.82, 2.24) is 10.6 Å². The number of ether oxygens (including phenoxy) is 12. The van der Waals surface area contributed by atoms with E-state index in [9.17, 15) is 102 Å². The Morgan fingerprint density at radius 1 is 0.316 bits per heavy atom. The van der Waals surface area contributed by atoms with Crippen molar-refractivity contribution in [2.45, 2.75) is 198 Å². The molecule has 34 heteroatoms. The fraction of sp³-hybridized carbons (Fsp3) is 0.952. The third-order valence-electron chi connectivity index (χ3n) is 13.5. The van der Waals surface area contributed by atoms with Gasteiger partial charge in [-0.15, -0.1) is 0 Å². The van der Waals surface area contributed by atoms with Crippen molar-refractivity contribution in [3.8, 4) is 0 Å². The molecule has 30 atom stereocenters. The molecule has 0 saturated carbocycles. The zero-order valence-electron chi connectivity index (χ0n) is 40.7. The van der Waals surface area contributed by atoms with Crippen LogP contribution in [0.3, 0.4) is 0 Å². The van der Waals surface area contributed by atoms with Crippen LogP contribution in [0.5, 0.6) is 0 Å². The number of hydrogen-bond acceptors (Lipinski definition) is 32. The highest BCUT2D eigenvalue weighted by molar-refractivity contribution is 5.73. The summed E-state index contributed by atoms with van der Waals surface area (Å²) in [6.45, 7) is -3.16. The molecule has 6 saturated heterocycles. The quantitative estimate of drug-likeness (QED) is 0.0475. The fourth-order valence-electron chi connectivity index (χ4n) is 9.08. The van der Waals surface area contributed by atoms with Crippen molar-refractivity contribution in [2.75, 3.05) is 52.9 Å². The first-order chi connectivity index (χ1) is 35.9. The summed E-state index contributed by atoms with van der Waals surface area (Å²) in [6.07, 6.45) is -48.5. The average molecular weight is 1120 g/mol. The normalized spacial score (nSPS) is 48.3. The molecular weight excluding hydrogens is 1040 g/mol. The number of nitrogens with one attached hydrogen (secondary N) is 2. The molecule has 0 radical (unpaired) electrons. The van der Waals surface area contributed by atoms with E-state index in [1.165, 1.54) is 0 Å². The topological polar surface area (TPSA) is 533 Å². The molecule has 6 aliphatic heterocycles. The maximum atomic E-state index is 11.8. The van der Waals surface area contributed by atoms with Gasteiger partial charge in [-0.3, -0.25) is 9.59 Å². The molecule has 6 aliphatic rings. The van der Waals surface area contributed by atoms with Crippen molar-refractivity contribution in [3.63, 3.8) is 0 Å². The fourth-order valence-corrected chi connectivity index (χ4v) is 9.08. The molecule has 6 rings (SSSR count). The molecule has 0 aliphatic carbocycles. The molecule has 442 valence electrons. The minimum atomic E-state index is -1.95. The molecule has 0 aromatic heterocycles. The van der Waals surface area contributed by atoms with Crippen molar-refractivity contribution in [2.24, 2.45) is 0 Å². The second-order valence-electron chi connectivity index (χ2n) is 19.0. The van der Waals surface area contributed by atoms with Crippen LogP contribution in [-0.4, -0.2) is 341 Å². The maximum absolute atomic E-state index is 11.8. The van der Waals surface area contributed by atoms with Gasteiger partial charge < -0.3 is 159 Å². The van der Waals surface area contributed by atoms with E-state index >= 15 is 0 Å². The van der Waals surface area contributed by atoms with Gasteiger partial charge in [0.15, 0.2) is 37.7 Å². The van der Waals surface area contributed by atoms with Crippen LogP contribution in [0.1, 0.15) is 13.8 Å². The van der Waals surface area contributed by atoms with Gasteiger partial charge in [-0.25, -0.2) is 0 Å². The summed E-state index contributed by atoms with van der Waals surface area (Å²) in [5, 5.41) is 194. The Bertz CT molecular complexity index is 1680. The first-order valence-corrected chi connectivity index (χ1v) is 24.2. The Hall–Kier alpha value is -2.26. The van der Waals surface area contributed by atoms with Crippen molar-refractivity contribution in [3.05, 3.63) is 0 Å². The molecule has 6 fully saturated rings. The maximum Gasteiger partial charge on any atom is 0.217 e. The van der Waals surface area contributed by atoms with Crippen LogP contribution in [0.2, 0.25) is 0 Å². The molecular formula is C42H72N2O32. The summed E-state index contributed by atoms with van der Waals surface area (Å²) in [6, 6.07) is -2.76. The van der Waals surface area contributed by atoms with E-state index in [1.54, 1.807) is 0 Å². The highest BCUT2D eigenvalue weighted by Crippen LogP contribution is 2.31. The molecule has 0 bridgehead atoms. The van der Waals surface area contributed by atoms with Gasteiger partial charge in [-0.2, -0.15) is 0 Å². The summed E-state index contributed by atoms with van der Waals surface area (Å²) < 4.78 is 66.8. The molecule has 0 aromatic carbocycles. The lowest BCUT2D eigenvalue weighted by Gasteiger charge is -2.44. The average Bonchev–Trinajstić information content (AvgIpc) is 3.39. The van der Waals surface area contributed by atoms with E-state index in [2.05, 4.69) is 10.6 Å². The third-order valence-corrected chi connectivity index (χ3v) is 13.5. The van der Waals surface area contributed by atoms with Gasteiger partial charge in [0.05, 0.1) is 52.9 Å². The standard InChI is InChI=1S/C42H72N2O32/c1-11(47)43-19-27(55)21(49)13(5-45)71-37(19)67-7-15-23(51)31(59)35(63)41(75-15)69-9-17-25(53)29(57)33(61)39(73-17)65-3-4-66-40-34(62)30(58)26(54)18(74-40)10-70-42-36(64)32(60)24(52)16(76-42)8-68-38-20(44-12(2)48)28(56)22(50)14(6-46)72-38/h13-42,45-46,49-64H,3-10H2,1-2H3,(H,43,47)(H,44,48)/t13-,14-,15-,16-,17-,18-,19-,20-,21-,22-,23-,24-,25-,26-,27-,28-,29+,30+,31+,32+,33+,34+,35+,36+,37-,38-,39+,40+,41+,42+/m1/s1. The predicted molar refractivity (Wildman–Crippen MR) is 233 cm³/mol. The molecule has 0 spiro atoms. The molecule has 34 nitrogen and oxygen atoms in total. The van der Waals surface area contributed by atoms with E-state index in [0.29, 0.717) is 0 Å². The largest absolute Gasteiger partial charge is 0.394 e. The lowest BCUT2D eigenvalue weighted by atomic mass is 9.96. The van der Waals surface area contributed by atoms with Crippen LogP contribution in [-0.2, 0) is 66.4 Å². The van der Waals surface area contributed by atoms with Gasteiger partial charge in [0.1, 0.15) is 146 Å². The Balaban J connectivity index is 0.982. The predicted octanol–water partition coefficient (Wildman–Crippen LogP) is -13.8. The number of amides is 2. The first-order valence-electron chi connectivity index (χ1n) is 24.2. The van der Waals surface area contributed by atoms with E-state index in [4.69, 9.17) is 56.8 Å². The number of rotatable bonds is 21. The van der Waals surface area contributed by atoms with Gasteiger partial charge >= 0.3 is 0 Å². The van der Waals surface area contributed by atoms with Gasteiger partial charge in [0.2, 0.25) is 11.8 Å². The zero-order valence-corrected chi connectivity index (χ0v) is 40.7. The second-order valence-corrected chi connectivity index (χ2v) is 19.0. The van der Waals surface area contributed by atoms with Crippen molar-refractivity contribution >= 4 is 11.8 Å². The minimum Gasteiger partial charge on any atom is -0.394 e. The summed E-state index contributed by atoms with van der Waals surface area (Å²) in [5.74, 6) is -1.31. The molecule has 0 aromatic rings. The summed E-state index contributed by atoms with van der Waals surface area (Å²) in [5.41, 5.74) is 0. The Morgan fingerprint density at radius 2 is 0.539 bits per heavy atom. The number of aliphatic hydroxyl groups excluding tert-OH is 18. The SMILES string of the molecule is CC(=O)N[C@H]1[C@H](OC[C@H]2O[C@H](OC[C@H]3O[C@H](OCCO[C@H]4O[C@H](CO[C@H]5O[C@H](CO[C@@H]6O[C@H](CO)[C@@H](O)[C@H](O)[C@H]6NC(C)=O)[C@@H](O)[C@H](O)[C@@H]5O)[C@@H](O)[C@H](O)[C@@H]4O)[C@@H](O)[C@@H](O)[C@@H]3O)[C@@H](O)[C@@H](O)[C@@H]2O)O[C@H](CO)[C@@H](O)[C@@H]1O. The van der Waals surface area contributed by atoms with Gasteiger partial charge in [0.25, 0.3) is 0 Å². The van der Waals surface area contributed by atoms with Crippen molar-refractivity contribution < 1.29 is 158 Å². The Kier molecular flexibility index (Phi) is 23.1. The molecule has 2 amide bonds. The summed E-state index contributed by atoms with van der Waals surface area (Å²) in [7, 11) is 0. The highest BCUT2D eigenvalue weighted by atomic mass is 16.8. The first kappa shape index (κ1) is 62.9. The monoisotopic (exact) mass is 1120 g/mol. The number of hydrogen-bond donors (Lipinski definition) is 20. The van der Waals surface area contributed by atoms with Crippen LogP contribution < -0.4 is 10.6 Å². The van der Waals surface area contributed by atoms with Crippen LogP contribution in [0.15, 0.2) is 0 Å². The van der Waals surface area contributed by atoms with Gasteiger partial charge in [0, 0.05) is 13.8 Å². The smallest absolute Gasteiger partial charge is 0.217 e. The van der Waals surface area contributed by atoms with E-state index < -0.39 is 249 Å². The van der Waals surface area contributed by atoms with E-state index in [1.807, 2.05) is 0 Å². The van der Waals surface area contributed by atoms with Gasteiger partial charge in [-0.05, 0) is 0 Å². The van der Waals surface area contributed by atoms with E-state index in [0.717, 1.165) is 13.8 Å². The lowest BCUT2D eigenvalue weighted by molar-refractivity contribution is -0.343. The van der Waals surface area contributed by atoms with Crippen LogP contribution in [0.4, 0.5) is 0 Å². The highest BCUT2D eigenvalue weighted by Gasteiger charge is 2.52. The number of carbonyl (C=O) groups excluding carboxylic acids is 2. The molecule has 6 heterocycles. The number of carbonyl (C=O) groups is 2.